The number of nitrogens with one attached hydrogen (secondary N) is 1. The van der Waals surface area contributed by atoms with E-state index < -0.39 is 0 Å². The molecule has 1 heterocycles. The van der Waals surface area contributed by atoms with Gasteiger partial charge in [0, 0.05) is 10.9 Å². The van der Waals surface area contributed by atoms with Crippen molar-refractivity contribution < 1.29 is 9.90 Å². The molecule has 0 saturated carbocycles. The number of hydrogen-bond acceptors (Lipinski definition) is 3. The van der Waals surface area contributed by atoms with Crippen LogP contribution in [-0.2, 0) is 11.2 Å². The molecule has 0 fully saturated rings. The van der Waals surface area contributed by atoms with Crippen molar-refractivity contribution >= 4 is 22.9 Å². The fourth-order valence-corrected chi connectivity index (χ4v) is 1.96. The van der Waals surface area contributed by atoms with E-state index in [9.17, 15) is 9.90 Å². The van der Waals surface area contributed by atoms with Crippen LogP contribution in [0.5, 0.6) is 5.75 Å². The summed E-state index contributed by atoms with van der Waals surface area (Å²) in [6.07, 6.45) is 0.183. The third-order valence-electron chi connectivity index (χ3n) is 2.15. The number of carbonyl (C=O) groups is 1. The van der Waals surface area contributed by atoms with E-state index in [1.807, 2.05) is 16.8 Å². The third kappa shape index (κ3) is 2.61. The van der Waals surface area contributed by atoms with Crippen molar-refractivity contribution in [2.45, 2.75) is 6.42 Å². The van der Waals surface area contributed by atoms with Gasteiger partial charge in [-0.2, -0.15) is 11.3 Å². The Morgan fingerprint density at radius 3 is 2.81 bits per heavy atom. The normalized spacial score (nSPS) is 10.0. The lowest BCUT2D eigenvalue weighted by Gasteiger charge is -2.04. The van der Waals surface area contributed by atoms with Crippen molar-refractivity contribution in [2.75, 3.05) is 5.32 Å². The molecule has 0 aliphatic heterocycles. The van der Waals surface area contributed by atoms with E-state index in [1.54, 1.807) is 24.3 Å². The van der Waals surface area contributed by atoms with Crippen molar-refractivity contribution in [3.63, 3.8) is 0 Å². The standard InChI is InChI=1S/C12H11NO2S/c14-11-4-2-1-3-9(11)7-12(15)13-10-5-6-16-8-10/h1-6,8,14H,7H2,(H,13,15). The van der Waals surface area contributed by atoms with Crippen LogP contribution in [0.1, 0.15) is 5.56 Å². The van der Waals surface area contributed by atoms with E-state index in [2.05, 4.69) is 5.32 Å². The van der Waals surface area contributed by atoms with Gasteiger partial charge in [-0.15, -0.1) is 0 Å². The van der Waals surface area contributed by atoms with Gasteiger partial charge in [0.1, 0.15) is 5.75 Å². The maximum atomic E-state index is 11.6. The zero-order valence-corrected chi connectivity index (χ0v) is 9.33. The Kier molecular flexibility index (Phi) is 3.22. The Labute approximate surface area is 97.4 Å². The first kappa shape index (κ1) is 10.7. The van der Waals surface area contributed by atoms with Crippen LogP contribution in [0.25, 0.3) is 0 Å². The predicted molar refractivity (Wildman–Crippen MR) is 64.8 cm³/mol. The lowest BCUT2D eigenvalue weighted by Crippen LogP contribution is -2.13. The monoisotopic (exact) mass is 233 g/mol. The minimum atomic E-state index is -0.125. The minimum absolute atomic E-state index is 0.125. The van der Waals surface area contributed by atoms with Gasteiger partial charge in [0.2, 0.25) is 5.91 Å². The van der Waals surface area contributed by atoms with Gasteiger partial charge in [0.25, 0.3) is 0 Å². The maximum absolute atomic E-state index is 11.6. The Balaban J connectivity index is 2.00. The number of rotatable bonds is 3. The van der Waals surface area contributed by atoms with Gasteiger partial charge in [0.15, 0.2) is 0 Å². The number of benzene rings is 1. The maximum Gasteiger partial charge on any atom is 0.228 e. The van der Waals surface area contributed by atoms with E-state index in [0.29, 0.717) is 5.56 Å². The second-order valence-corrected chi connectivity index (χ2v) is 4.15. The van der Waals surface area contributed by atoms with Crippen LogP contribution in [0.2, 0.25) is 0 Å². The molecule has 4 heteroatoms. The SMILES string of the molecule is O=C(Cc1ccccc1O)Nc1ccsc1. The van der Waals surface area contributed by atoms with Crippen molar-refractivity contribution in [1.29, 1.82) is 0 Å². The van der Waals surface area contributed by atoms with E-state index in [-0.39, 0.29) is 18.1 Å². The van der Waals surface area contributed by atoms with Crippen LogP contribution in [-0.4, -0.2) is 11.0 Å². The molecule has 0 saturated heterocycles. The van der Waals surface area contributed by atoms with Crippen LogP contribution in [0.15, 0.2) is 41.1 Å². The van der Waals surface area contributed by atoms with Crippen LogP contribution in [0.3, 0.4) is 0 Å². The molecule has 1 amide bonds. The number of para-hydroxylation sites is 1. The van der Waals surface area contributed by atoms with Gasteiger partial charge in [-0.1, -0.05) is 18.2 Å². The van der Waals surface area contributed by atoms with Gasteiger partial charge in [0.05, 0.1) is 12.1 Å². The molecular formula is C12H11NO2S. The summed E-state index contributed by atoms with van der Waals surface area (Å²) in [5, 5.41) is 16.0. The first-order chi connectivity index (χ1) is 7.75. The molecule has 0 bridgehead atoms. The van der Waals surface area contributed by atoms with Gasteiger partial charge in [-0.25, -0.2) is 0 Å². The van der Waals surface area contributed by atoms with E-state index in [4.69, 9.17) is 0 Å². The number of carbonyl (C=O) groups excluding carboxylic acids is 1. The molecule has 2 rings (SSSR count). The number of phenolic OH excluding ortho intramolecular Hbond substituents is 1. The molecule has 0 aliphatic carbocycles. The quantitative estimate of drug-likeness (QED) is 0.856. The van der Waals surface area contributed by atoms with E-state index >= 15 is 0 Å². The van der Waals surface area contributed by atoms with Crippen molar-refractivity contribution in [1.82, 2.24) is 0 Å². The number of amides is 1. The average molecular weight is 233 g/mol. The summed E-state index contributed by atoms with van der Waals surface area (Å²) >= 11 is 1.53. The highest BCUT2D eigenvalue weighted by molar-refractivity contribution is 7.08. The predicted octanol–water partition coefficient (Wildman–Crippen LogP) is 2.63. The second kappa shape index (κ2) is 4.81. The van der Waals surface area contributed by atoms with Gasteiger partial charge >= 0.3 is 0 Å². The molecule has 1 aromatic heterocycles. The molecule has 3 nitrogen and oxygen atoms in total. The number of phenols is 1. The average Bonchev–Trinajstić information content (AvgIpc) is 2.74. The highest BCUT2D eigenvalue weighted by Gasteiger charge is 2.07. The summed E-state index contributed by atoms with van der Waals surface area (Å²) in [6.45, 7) is 0. The Morgan fingerprint density at radius 2 is 2.12 bits per heavy atom. The molecular weight excluding hydrogens is 222 g/mol. The first-order valence-electron chi connectivity index (χ1n) is 4.84. The molecule has 2 aromatic rings. The molecule has 0 unspecified atom stereocenters. The Hall–Kier alpha value is -1.81. The van der Waals surface area contributed by atoms with Crippen LogP contribution in [0.4, 0.5) is 5.69 Å². The van der Waals surface area contributed by atoms with Crippen LogP contribution >= 0.6 is 11.3 Å². The fraction of sp³-hybridized carbons (Fsp3) is 0.0833. The minimum Gasteiger partial charge on any atom is -0.508 e. The molecule has 82 valence electrons. The van der Waals surface area contributed by atoms with Crippen LogP contribution < -0.4 is 5.32 Å². The molecule has 1 aromatic carbocycles. The zero-order valence-electron chi connectivity index (χ0n) is 8.51. The molecule has 0 aliphatic rings. The van der Waals surface area contributed by atoms with Crippen molar-refractivity contribution in [2.24, 2.45) is 0 Å². The molecule has 0 spiro atoms. The molecule has 0 atom stereocenters. The summed E-state index contributed by atoms with van der Waals surface area (Å²) in [5.74, 6) is 0.0304. The van der Waals surface area contributed by atoms with E-state index in [0.717, 1.165) is 5.69 Å². The van der Waals surface area contributed by atoms with Crippen molar-refractivity contribution in [3.05, 3.63) is 46.7 Å². The lowest BCUT2D eigenvalue weighted by molar-refractivity contribution is -0.115. The summed E-state index contributed by atoms with van der Waals surface area (Å²) < 4.78 is 0. The largest absolute Gasteiger partial charge is 0.508 e. The first-order valence-corrected chi connectivity index (χ1v) is 5.79. The highest BCUT2D eigenvalue weighted by Crippen LogP contribution is 2.17. The zero-order chi connectivity index (χ0) is 11.4. The van der Waals surface area contributed by atoms with Gasteiger partial charge in [-0.3, -0.25) is 4.79 Å². The summed E-state index contributed by atoms with van der Waals surface area (Å²) in [7, 11) is 0. The van der Waals surface area contributed by atoms with Gasteiger partial charge in [-0.05, 0) is 17.5 Å². The van der Waals surface area contributed by atoms with E-state index in [1.165, 1.54) is 11.3 Å². The fourth-order valence-electron chi connectivity index (χ4n) is 1.37. The van der Waals surface area contributed by atoms with Gasteiger partial charge < -0.3 is 10.4 Å². The lowest BCUT2D eigenvalue weighted by atomic mass is 10.1. The summed E-state index contributed by atoms with van der Waals surface area (Å²) in [4.78, 5) is 11.6. The second-order valence-electron chi connectivity index (χ2n) is 3.37. The number of hydrogen-bond donors (Lipinski definition) is 2. The summed E-state index contributed by atoms with van der Waals surface area (Å²) in [5.41, 5.74) is 1.43. The Morgan fingerprint density at radius 1 is 1.31 bits per heavy atom. The van der Waals surface area contributed by atoms with Crippen LogP contribution in [0, 0.1) is 0 Å². The smallest absolute Gasteiger partial charge is 0.228 e. The molecule has 16 heavy (non-hydrogen) atoms. The molecule has 2 N–H and O–H groups in total. The highest BCUT2D eigenvalue weighted by atomic mass is 32.1. The Bertz CT molecular complexity index is 480. The number of aromatic hydroxyl groups is 1. The van der Waals surface area contributed by atoms with Crippen molar-refractivity contribution in [3.8, 4) is 5.75 Å². The summed E-state index contributed by atoms with van der Waals surface area (Å²) in [6, 6.07) is 8.69. The molecule has 0 radical (unpaired) electrons. The topological polar surface area (TPSA) is 49.3 Å². The third-order valence-corrected chi connectivity index (χ3v) is 2.83. The number of thiophene rings is 1. The number of anilines is 1.